The summed E-state index contributed by atoms with van der Waals surface area (Å²) in [6, 6.07) is 8.84. The number of thioether (sulfide) groups is 1. The molecule has 0 saturated heterocycles. The number of primary amides is 1. The third-order valence-electron chi connectivity index (χ3n) is 3.75. The minimum atomic E-state index is -0.772. The third kappa shape index (κ3) is 5.28. The molecule has 0 unspecified atom stereocenters. The Hall–Kier alpha value is -2.66. The van der Waals surface area contributed by atoms with Crippen LogP contribution in [0.4, 0.5) is 10.8 Å². The molecule has 0 bridgehead atoms. The number of hydrogen-bond acceptors (Lipinski definition) is 7. The van der Waals surface area contributed by atoms with Crippen molar-refractivity contribution in [3.8, 4) is 11.3 Å². The van der Waals surface area contributed by atoms with Gasteiger partial charge in [-0.2, -0.15) is 0 Å². The molecule has 0 spiro atoms. The van der Waals surface area contributed by atoms with Crippen LogP contribution in [0.1, 0.15) is 10.4 Å². The molecule has 0 aliphatic heterocycles. The third-order valence-corrected chi connectivity index (χ3v) is 6.14. The Morgan fingerprint density at radius 3 is 2.70 bits per heavy atom. The van der Waals surface area contributed by atoms with Gasteiger partial charge in [-0.1, -0.05) is 23.2 Å². The number of nitrogens with zero attached hydrogens (tertiary/aromatic N) is 2. The quantitative estimate of drug-likeness (QED) is 0.281. The highest BCUT2D eigenvalue weighted by atomic mass is 35.5. The Bertz CT molecular complexity index is 1150. The molecule has 2 amide bonds. The van der Waals surface area contributed by atoms with Crippen LogP contribution in [0.15, 0.2) is 46.7 Å². The Morgan fingerprint density at radius 2 is 2.00 bits per heavy atom. The van der Waals surface area contributed by atoms with Crippen molar-refractivity contribution < 1.29 is 14.5 Å². The van der Waals surface area contributed by atoms with Gasteiger partial charge in [0.25, 0.3) is 5.69 Å². The largest absolute Gasteiger partial charge is 0.366 e. The van der Waals surface area contributed by atoms with Crippen LogP contribution in [0, 0.1) is 10.1 Å². The summed E-state index contributed by atoms with van der Waals surface area (Å²) in [5, 5.41) is 16.9. The number of carbonyl (C=O) groups is 2. The van der Waals surface area contributed by atoms with Gasteiger partial charge in [-0.3, -0.25) is 19.7 Å². The molecule has 0 radical (unpaired) electrons. The van der Waals surface area contributed by atoms with E-state index in [0.29, 0.717) is 26.4 Å². The lowest BCUT2D eigenvalue weighted by Gasteiger charge is -2.05. The van der Waals surface area contributed by atoms with Crippen molar-refractivity contribution in [1.29, 1.82) is 0 Å². The molecule has 0 atom stereocenters. The van der Waals surface area contributed by atoms with E-state index in [1.54, 1.807) is 23.6 Å². The molecule has 0 aliphatic carbocycles. The number of aromatic nitrogens is 1. The second-order valence-corrected chi connectivity index (χ2v) is 8.52. The number of anilines is 1. The van der Waals surface area contributed by atoms with Crippen LogP contribution >= 0.6 is 46.3 Å². The maximum Gasteiger partial charge on any atom is 0.283 e. The van der Waals surface area contributed by atoms with Gasteiger partial charge in [0.15, 0.2) is 5.13 Å². The Balaban J connectivity index is 1.67. The van der Waals surface area contributed by atoms with E-state index < -0.39 is 16.7 Å². The summed E-state index contributed by atoms with van der Waals surface area (Å²) in [5.74, 6) is -1.26. The molecule has 12 heteroatoms. The first kappa shape index (κ1) is 22.0. The molecule has 154 valence electrons. The summed E-state index contributed by atoms with van der Waals surface area (Å²) in [6.07, 6.45) is 0. The lowest BCUT2D eigenvalue weighted by atomic mass is 10.2. The Kier molecular flexibility index (Phi) is 6.93. The van der Waals surface area contributed by atoms with E-state index >= 15 is 0 Å². The smallest absolute Gasteiger partial charge is 0.283 e. The van der Waals surface area contributed by atoms with Gasteiger partial charge in [-0.25, -0.2) is 4.98 Å². The summed E-state index contributed by atoms with van der Waals surface area (Å²) in [6.45, 7) is 0. The van der Waals surface area contributed by atoms with Crippen molar-refractivity contribution in [3.05, 3.63) is 67.5 Å². The minimum Gasteiger partial charge on any atom is -0.366 e. The van der Waals surface area contributed by atoms with E-state index in [1.165, 1.54) is 23.5 Å². The van der Waals surface area contributed by atoms with Gasteiger partial charge in [-0.05, 0) is 30.3 Å². The summed E-state index contributed by atoms with van der Waals surface area (Å²) in [4.78, 5) is 38.6. The monoisotopic (exact) mass is 482 g/mol. The number of nitro benzene ring substituents is 1. The highest BCUT2D eigenvalue weighted by Gasteiger charge is 2.18. The van der Waals surface area contributed by atoms with E-state index in [0.717, 1.165) is 17.8 Å². The molecule has 0 saturated carbocycles. The van der Waals surface area contributed by atoms with Crippen molar-refractivity contribution >= 4 is 68.9 Å². The lowest BCUT2D eigenvalue weighted by molar-refractivity contribution is -0.387. The zero-order chi connectivity index (χ0) is 21.8. The summed E-state index contributed by atoms with van der Waals surface area (Å²) < 4.78 is 0. The first-order valence-electron chi connectivity index (χ1n) is 8.16. The standard InChI is InChI=1S/C18H12Cl2N4O4S2/c19-10-2-3-12(20)11(6-10)13-7-30-18(22-13)23-16(25)8-29-15-4-1-9(17(21)26)5-14(15)24(27)28/h1-7H,8H2,(H2,21,26)(H,22,23,25). The van der Waals surface area contributed by atoms with E-state index in [4.69, 9.17) is 28.9 Å². The number of nitro groups is 1. The molecule has 30 heavy (non-hydrogen) atoms. The first-order valence-corrected chi connectivity index (χ1v) is 10.8. The van der Waals surface area contributed by atoms with Crippen molar-refractivity contribution in [2.24, 2.45) is 5.73 Å². The highest BCUT2D eigenvalue weighted by Crippen LogP contribution is 2.33. The Labute approximate surface area is 188 Å². The maximum absolute atomic E-state index is 12.3. The molecule has 2 aromatic carbocycles. The van der Waals surface area contributed by atoms with Gasteiger partial charge in [-0.15, -0.1) is 23.1 Å². The predicted octanol–water partition coefficient (Wildman–Crippen LogP) is 4.85. The van der Waals surface area contributed by atoms with Gasteiger partial charge >= 0.3 is 0 Å². The number of benzene rings is 2. The molecule has 8 nitrogen and oxygen atoms in total. The minimum absolute atomic E-state index is 0.0190. The molecule has 3 rings (SSSR count). The molecular formula is C18H12Cl2N4O4S2. The fourth-order valence-corrected chi connectivity index (χ4v) is 4.30. The topological polar surface area (TPSA) is 128 Å². The number of hydrogen-bond donors (Lipinski definition) is 2. The van der Waals surface area contributed by atoms with Gasteiger partial charge in [0.2, 0.25) is 11.8 Å². The summed E-state index contributed by atoms with van der Waals surface area (Å²) in [7, 11) is 0. The van der Waals surface area contributed by atoms with Gasteiger partial charge in [0.05, 0.1) is 26.3 Å². The van der Waals surface area contributed by atoms with E-state index in [1.807, 2.05) is 0 Å². The number of nitrogens with one attached hydrogen (secondary N) is 1. The normalized spacial score (nSPS) is 10.6. The van der Waals surface area contributed by atoms with Crippen molar-refractivity contribution in [3.63, 3.8) is 0 Å². The SMILES string of the molecule is NC(=O)c1ccc(SCC(=O)Nc2nc(-c3cc(Cl)ccc3Cl)cs2)c([N+](=O)[O-])c1. The molecule has 3 N–H and O–H groups in total. The van der Waals surface area contributed by atoms with Crippen LogP contribution in [0.25, 0.3) is 11.3 Å². The number of carbonyl (C=O) groups excluding carboxylic acids is 2. The number of halogens is 2. The van der Waals surface area contributed by atoms with Gasteiger partial charge in [0, 0.05) is 27.6 Å². The lowest BCUT2D eigenvalue weighted by Crippen LogP contribution is -2.14. The second kappa shape index (κ2) is 9.43. The van der Waals surface area contributed by atoms with Gasteiger partial charge < -0.3 is 11.1 Å². The van der Waals surface area contributed by atoms with E-state index in [2.05, 4.69) is 10.3 Å². The maximum atomic E-state index is 12.3. The van der Waals surface area contributed by atoms with Crippen molar-refractivity contribution in [1.82, 2.24) is 4.98 Å². The van der Waals surface area contributed by atoms with Crippen molar-refractivity contribution in [2.75, 3.05) is 11.1 Å². The van der Waals surface area contributed by atoms with Crippen LogP contribution in [0.2, 0.25) is 10.0 Å². The van der Waals surface area contributed by atoms with Crippen LogP contribution in [-0.2, 0) is 4.79 Å². The predicted molar refractivity (Wildman–Crippen MR) is 119 cm³/mol. The number of thiazole rings is 1. The van der Waals surface area contributed by atoms with Gasteiger partial charge in [0.1, 0.15) is 0 Å². The second-order valence-electron chi connectivity index (χ2n) is 5.80. The number of amides is 2. The average molecular weight is 483 g/mol. The molecule has 1 heterocycles. The molecule has 3 aromatic rings. The molecule has 0 fully saturated rings. The van der Waals surface area contributed by atoms with E-state index in [-0.39, 0.29) is 21.9 Å². The number of rotatable bonds is 7. The summed E-state index contributed by atoms with van der Waals surface area (Å²) >= 11 is 14.3. The van der Waals surface area contributed by atoms with Crippen LogP contribution < -0.4 is 11.1 Å². The highest BCUT2D eigenvalue weighted by molar-refractivity contribution is 8.00. The Morgan fingerprint density at radius 1 is 1.23 bits per heavy atom. The summed E-state index contributed by atoms with van der Waals surface area (Å²) in [5.41, 5.74) is 6.07. The van der Waals surface area contributed by atoms with Crippen LogP contribution in [0.5, 0.6) is 0 Å². The molecule has 1 aromatic heterocycles. The number of nitrogens with two attached hydrogens (primary N) is 1. The first-order chi connectivity index (χ1) is 14.2. The van der Waals surface area contributed by atoms with Crippen LogP contribution in [-0.4, -0.2) is 27.5 Å². The molecular weight excluding hydrogens is 471 g/mol. The fraction of sp³-hybridized carbons (Fsp3) is 0.0556. The zero-order valence-electron chi connectivity index (χ0n) is 14.9. The fourth-order valence-electron chi connectivity index (χ4n) is 2.38. The van der Waals surface area contributed by atoms with Crippen LogP contribution in [0.3, 0.4) is 0 Å². The molecule has 0 aliphatic rings. The van der Waals surface area contributed by atoms with Crippen molar-refractivity contribution in [2.45, 2.75) is 4.90 Å². The zero-order valence-corrected chi connectivity index (χ0v) is 18.1. The average Bonchev–Trinajstić information content (AvgIpc) is 3.16. The van der Waals surface area contributed by atoms with E-state index in [9.17, 15) is 19.7 Å².